The lowest BCUT2D eigenvalue weighted by molar-refractivity contribution is -0.123. The molecular weight excluding hydrogens is 242 g/mol. The third-order valence-corrected chi connectivity index (χ3v) is 2.69. The summed E-state index contributed by atoms with van der Waals surface area (Å²) >= 11 is 0. The summed E-state index contributed by atoms with van der Waals surface area (Å²) in [7, 11) is 0. The Balaban J connectivity index is 1.79. The Morgan fingerprint density at radius 1 is 1.44 bits per heavy atom. The summed E-state index contributed by atoms with van der Waals surface area (Å²) in [6, 6.07) is 3.28. The molecule has 0 bridgehead atoms. The number of amides is 1. The Labute approximate surface area is 103 Å². The van der Waals surface area contributed by atoms with Gasteiger partial charge in [0.05, 0.1) is 0 Å². The first-order valence-corrected chi connectivity index (χ1v) is 5.73. The van der Waals surface area contributed by atoms with E-state index in [2.05, 4.69) is 10.6 Å². The first kappa shape index (κ1) is 12.8. The number of carbonyl (C=O) groups excluding carboxylic acids is 1. The van der Waals surface area contributed by atoms with E-state index in [0.717, 1.165) is 31.6 Å². The minimum atomic E-state index is -0.993. The molecule has 2 N–H and O–H groups in total. The van der Waals surface area contributed by atoms with Crippen molar-refractivity contribution in [2.75, 3.05) is 19.7 Å². The van der Waals surface area contributed by atoms with Crippen LogP contribution in [0.2, 0.25) is 0 Å². The highest BCUT2D eigenvalue weighted by molar-refractivity contribution is 5.77. The van der Waals surface area contributed by atoms with Crippen LogP contribution in [-0.2, 0) is 4.79 Å². The monoisotopic (exact) mass is 256 g/mol. The molecule has 6 heteroatoms. The van der Waals surface area contributed by atoms with E-state index in [4.69, 9.17) is 4.74 Å². The van der Waals surface area contributed by atoms with Gasteiger partial charge in [-0.05, 0) is 25.1 Å². The number of benzene rings is 1. The third-order valence-electron chi connectivity index (χ3n) is 2.69. The number of halogens is 2. The van der Waals surface area contributed by atoms with Crippen LogP contribution in [0.25, 0.3) is 0 Å². The molecule has 0 radical (unpaired) electrons. The zero-order valence-electron chi connectivity index (χ0n) is 9.71. The lowest BCUT2D eigenvalue weighted by atomic mass is 10.2. The SMILES string of the molecule is O=C(COc1ccc(F)c(F)c1)NC1CCNC1. The Morgan fingerprint density at radius 3 is 2.94 bits per heavy atom. The van der Waals surface area contributed by atoms with E-state index in [-0.39, 0.29) is 24.3 Å². The minimum absolute atomic E-state index is 0.117. The Morgan fingerprint density at radius 2 is 2.28 bits per heavy atom. The van der Waals surface area contributed by atoms with Crippen molar-refractivity contribution in [3.63, 3.8) is 0 Å². The maximum atomic E-state index is 12.9. The lowest BCUT2D eigenvalue weighted by Gasteiger charge is -2.12. The first-order chi connectivity index (χ1) is 8.65. The van der Waals surface area contributed by atoms with Crippen LogP contribution >= 0.6 is 0 Å². The van der Waals surface area contributed by atoms with E-state index in [9.17, 15) is 13.6 Å². The number of ether oxygens (including phenoxy) is 1. The van der Waals surface area contributed by atoms with Gasteiger partial charge in [-0.2, -0.15) is 0 Å². The van der Waals surface area contributed by atoms with Crippen LogP contribution in [0.3, 0.4) is 0 Å². The quantitative estimate of drug-likeness (QED) is 0.838. The van der Waals surface area contributed by atoms with E-state index >= 15 is 0 Å². The summed E-state index contributed by atoms with van der Waals surface area (Å²) in [5.74, 6) is -2.07. The van der Waals surface area contributed by atoms with Crippen molar-refractivity contribution in [1.29, 1.82) is 0 Å². The highest BCUT2D eigenvalue weighted by Crippen LogP contribution is 2.15. The predicted octanol–water partition coefficient (Wildman–Crippen LogP) is 0.822. The average molecular weight is 256 g/mol. The molecule has 0 aliphatic carbocycles. The van der Waals surface area contributed by atoms with Gasteiger partial charge in [0.25, 0.3) is 5.91 Å². The van der Waals surface area contributed by atoms with Crippen molar-refractivity contribution in [2.45, 2.75) is 12.5 Å². The standard InChI is InChI=1S/C12H14F2N2O2/c13-10-2-1-9(5-11(10)14)18-7-12(17)16-8-3-4-15-6-8/h1-2,5,8,15H,3-4,6-7H2,(H,16,17). The zero-order chi connectivity index (χ0) is 13.0. The van der Waals surface area contributed by atoms with Crippen molar-refractivity contribution >= 4 is 5.91 Å². The minimum Gasteiger partial charge on any atom is -0.484 e. The van der Waals surface area contributed by atoms with Gasteiger partial charge >= 0.3 is 0 Å². The van der Waals surface area contributed by atoms with Crippen molar-refractivity contribution in [2.24, 2.45) is 0 Å². The molecule has 98 valence electrons. The van der Waals surface area contributed by atoms with Crippen molar-refractivity contribution in [1.82, 2.24) is 10.6 Å². The topological polar surface area (TPSA) is 50.4 Å². The van der Waals surface area contributed by atoms with E-state index < -0.39 is 11.6 Å². The molecule has 1 heterocycles. The summed E-state index contributed by atoms with van der Waals surface area (Å²) in [4.78, 5) is 11.5. The van der Waals surface area contributed by atoms with Gasteiger partial charge in [-0.15, -0.1) is 0 Å². The largest absolute Gasteiger partial charge is 0.484 e. The third kappa shape index (κ3) is 3.40. The van der Waals surface area contributed by atoms with E-state index in [1.165, 1.54) is 6.07 Å². The summed E-state index contributed by atoms with van der Waals surface area (Å²) in [6.07, 6.45) is 0.886. The second kappa shape index (κ2) is 5.77. The number of carbonyl (C=O) groups is 1. The van der Waals surface area contributed by atoms with Gasteiger partial charge in [-0.25, -0.2) is 8.78 Å². The average Bonchev–Trinajstić information content (AvgIpc) is 2.83. The molecule has 0 spiro atoms. The maximum absolute atomic E-state index is 12.9. The molecule has 0 aromatic heterocycles. The zero-order valence-corrected chi connectivity index (χ0v) is 9.71. The van der Waals surface area contributed by atoms with Crippen LogP contribution in [-0.4, -0.2) is 31.6 Å². The fraction of sp³-hybridized carbons (Fsp3) is 0.417. The molecule has 1 aromatic carbocycles. The fourth-order valence-electron chi connectivity index (χ4n) is 1.76. The van der Waals surface area contributed by atoms with E-state index in [1.54, 1.807) is 0 Å². The van der Waals surface area contributed by atoms with Gasteiger partial charge in [0.1, 0.15) is 5.75 Å². The summed E-state index contributed by atoms with van der Waals surface area (Å²) in [6.45, 7) is 1.42. The van der Waals surface area contributed by atoms with Gasteiger partial charge in [-0.1, -0.05) is 0 Å². The first-order valence-electron chi connectivity index (χ1n) is 5.73. The second-order valence-corrected chi connectivity index (χ2v) is 4.12. The van der Waals surface area contributed by atoms with Gasteiger partial charge in [0.2, 0.25) is 0 Å². The fourth-order valence-corrected chi connectivity index (χ4v) is 1.76. The lowest BCUT2D eigenvalue weighted by Crippen LogP contribution is -2.39. The maximum Gasteiger partial charge on any atom is 0.258 e. The van der Waals surface area contributed by atoms with Crippen LogP contribution in [0, 0.1) is 11.6 Å². The highest BCUT2D eigenvalue weighted by atomic mass is 19.2. The molecule has 18 heavy (non-hydrogen) atoms. The molecule has 4 nitrogen and oxygen atoms in total. The highest BCUT2D eigenvalue weighted by Gasteiger charge is 2.16. The van der Waals surface area contributed by atoms with Gasteiger partial charge in [0.15, 0.2) is 18.2 Å². The van der Waals surface area contributed by atoms with Gasteiger partial charge < -0.3 is 15.4 Å². The number of rotatable bonds is 4. The number of hydrogen-bond donors (Lipinski definition) is 2. The molecular formula is C12H14F2N2O2. The molecule has 1 amide bonds. The van der Waals surface area contributed by atoms with E-state index in [0.29, 0.717) is 0 Å². The summed E-state index contributed by atoms with van der Waals surface area (Å²) in [5.41, 5.74) is 0. The molecule has 1 unspecified atom stereocenters. The summed E-state index contributed by atoms with van der Waals surface area (Å²) < 4.78 is 30.6. The molecule has 1 aliphatic rings. The Hall–Kier alpha value is -1.69. The molecule has 2 rings (SSSR count). The molecule has 0 saturated carbocycles. The normalized spacial score (nSPS) is 18.7. The Kier molecular flexibility index (Phi) is 4.09. The van der Waals surface area contributed by atoms with Crippen LogP contribution < -0.4 is 15.4 Å². The second-order valence-electron chi connectivity index (χ2n) is 4.12. The van der Waals surface area contributed by atoms with Gasteiger partial charge in [-0.3, -0.25) is 4.79 Å². The Bertz CT molecular complexity index is 434. The van der Waals surface area contributed by atoms with Crippen LogP contribution in [0.1, 0.15) is 6.42 Å². The predicted molar refractivity (Wildman–Crippen MR) is 61.3 cm³/mol. The van der Waals surface area contributed by atoms with Gasteiger partial charge in [0, 0.05) is 18.7 Å². The van der Waals surface area contributed by atoms with Crippen molar-refractivity contribution in [3.8, 4) is 5.75 Å². The number of hydrogen-bond acceptors (Lipinski definition) is 3. The molecule has 1 atom stereocenters. The number of nitrogens with one attached hydrogen (secondary N) is 2. The summed E-state index contributed by atoms with van der Waals surface area (Å²) in [5, 5.41) is 5.90. The molecule has 1 fully saturated rings. The molecule has 1 saturated heterocycles. The van der Waals surface area contributed by atoms with Crippen LogP contribution in [0.15, 0.2) is 18.2 Å². The van der Waals surface area contributed by atoms with Crippen molar-refractivity contribution < 1.29 is 18.3 Å². The van der Waals surface area contributed by atoms with Crippen molar-refractivity contribution in [3.05, 3.63) is 29.8 Å². The van der Waals surface area contributed by atoms with Crippen LogP contribution in [0.5, 0.6) is 5.75 Å². The smallest absolute Gasteiger partial charge is 0.258 e. The molecule has 1 aliphatic heterocycles. The van der Waals surface area contributed by atoms with E-state index in [1.807, 2.05) is 0 Å². The van der Waals surface area contributed by atoms with Crippen LogP contribution in [0.4, 0.5) is 8.78 Å². The molecule has 1 aromatic rings.